The van der Waals surface area contributed by atoms with Gasteiger partial charge in [0.05, 0.1) is 0 Å². The van der Waals surface area contributed by atoms with Crippen LogP contribution in [0, 0.1) is 24.0 Å². The van der Waals surface area contributed by atoms with Crippen LogP contribution in [0.2, 0.25) is 0 Å². The van der Waals surface area contributed by atoms with Gasteiger partial charge in [0.2, 0.25) is 11.6 Å². The minimum absolute atomic E-state index is 0.103. The second-order valence-corrected chi connectivity index (χ2v) is 10.2. The molecular weight excluding hydrogens is 556 g/mol. The lowest BCUT2D eigenvalue weighted by atomic mass is 10.1. The van der Waals surface area contributed by atoms with Crippen molar-refractivity contribution in [3.05, 3.63) is 101 Å². The lowest BCUT2D eigenvalue weighted by Gasteiger charge is -2.23. The first-order chi connectivity index (χ1) is 20.5. The van der Waals surface area contributed by atoms with Crippen molar-refractivity contribution >= 4 is 23.2 Å². The van der Waals surface area contributed by atoms with E-state index in [1.807, 2.05) is 30.3 Å². The molecule has 0 saturated heterocycles. The molecule has 0 aliphatic rings. The van der Waals surface area contributed by atoms with E-state index in [1.54, 1.807) is 38.1 Å². The molecule has 0 radical (unpaired) electrons. The van der Waals surface area contributed by atoms with Gasteiger partial charge in [0.15, 0.2) is 0 Å². The number of nitrogens with two attached hydrogens (primary N) is 1. The number of aromatic nitrogens is 1. The first kappa shape index (κ1) is 30.8. The molecule has 0 saturated carbocycles. The van der Waals surface area contributed by atoms with E-state index >= 15 is 8.78 Å². The molecular formula is C32H33F2N5O4. The number of carboxylic acid groups (broad SMARTS) is 1. The van der Waals surface area contributed by atoms with Crippen LogP contribution in [0.25, 0.3) is 0 Å². The van der Waals surface area contributed by atoms with Crippen molar-refractivity contribution in [1.29, 1.82) is 5.41 Å². The molecule has 3 aromatic carbocycles. The van der Waals surface area contributed by atoms with Crippen LogP contribution in [-0.4, -0.2) is 49.6 Å². The Balaban J connectivity index is 1.76. The van der Waals surface area contributed by atoms with Gasteiger partial charge in [-0.05, 0) is 55.2 Å². The van der Waals surface area contributed by atoms with Gasteiger partial charge in [-0.3, -0.25) is 5.41 Å². The van der Waals surface area contributed by atoms with E-state index in [4.69, 9.17) is 20.6 Å². The molecule has 0 amide bonds. The number of pyridine rings is 1. The quantitative estimate of drug-likeness (QED) is 0.129. The molecule has 224 valence electrons. The standard InChI is InChI=1S/C32H33F2N5O4/c1-19-16-25(23(32(40)41)18-24(19)38(2)3)43-31-27(34)28(39(4)15-9-12-20-10-6-5-7-11-20)26(33)30(37-31)42-22-14-8-13-21(17-22)29(35)36/h5-8,10-11,13-14,16-18H,9,12,15H2,1-4H3,(H3,35,36)(H,40,41). The van der Waals surface area contributed by atoms with E-state index in [1.165, 1.54) is 36.2 Å². The Hall–Kier alpha value is -5.19. The fraction of sp³-hybridized carbons (Fsp3) is 0.219. The van der Waals surface area contributed by atoms with Crippen LogP contribution in [0.4, 0.5) is 20.2 Å². The third-order valence-electron chi connectivity index (χ3n) is 6.75. The summed E-state index contributed by atoms with van der Waals surface area (Å²) in [6.45, 7) is 2.03. The lowest BCUT2D eigenvalue weighted by molar-refractivity contribution is 0.0694. The van der Waals surface area contributed by atoms with E-state index in [2.05, 4.69) is 4.98 Å². The van der Waals surface area contributed by atoms with Crippen molar-refractivity contribution < 1.29 is 28.2 Å². The van der Waals surface area contributed by atoms with Gasteiger partial charge in [-0.15, -0.1) is 0 Å². The van der Waals surface area contributed by atoms with Crippen LogP contribution < -0.4 is 25.0 Å². The number of nitrogens with zero attached hydrogens (tertiary/aromatic N) is 3. The Morgan fingerprint density at radius 3 is 2.28 bits per heavy atom. The summed E-state index contributed by atoms with van der Waals surface area (Å²) in [5, 5.41) is 17.6. The van der Waals surface area contributed by atoms with Gasteiger partial charge in [0.25, 0.3) is 11.8 Å². The minimum atomic E-state index is -1.30. The van der Waals surface area contributed by atoms with E-state index in [9.17, 15) is 9.90 Å². The molecule has 9 nitrogen and oxygen atoms in total. The smallest absolute Gasteiger partial charge is 0.339 e. The van der Waals surface area contributed by atoms with E-state index in [0.717, 1.165) is 5.56 Å². The van der Waals surface area contributed by atoms with Gasteiger partial charge in [-0.1, -0.05) is 42.5 Å². The fourth-order valence-electron chi connectivity index (χ4n) is 4.58. The molecule has 0 fully saturated rings. The largest absolute Gasteiger partial charge is 0.478 e. The second-order valence-electron chi connectivity index (χ2n) is 10.2. The minimum Gasteiger partial charge on any atom is -0.478 e. The van der Waals surface area contributed by atoms with E-state index in [-0.39, 0.29) is 29.4 Å². The average Bonchev–Trinajstić information content (AvgIpc) is 2.96. The summed E-state index contributed by atoms with van der Waals surface area (Å²) in [6.07, 6.45) is 1.27. The van der Waals surface area contributed by atoms with Gasteiger partial charge in [0.1, 0.15) is 28.6 Å². The molecule has 4 aromatic rings. The van der Waals surface area contributed by atoms with Crippen LogP contribution in [0.15, 0.2) is 66.7 Å². The number of benzene rings is 3. The Morgan fingerprint density at radius 2 is 1.65 bits per heavy atom. The third-order valence-corrected chi connectivity index (χ3v) is 6.75. The van der Waals surface area contributed by atoms with Crippen LogP contribution in [0.1, 0.15) is 33.5 Å². The SMILES string of the molecule is Cc1cc(Oc2nc(Oc3cccc(C(=N)N)c3)c(F)c(N(C)CCCc3ccccc3)c2F)c(C(=O)O)cc1N(C)C. The van der Waals surface area contributed by atoms with Gasteiger partial charge >= 0.3 is 5.97 Å². The van der Waals surface area contributed by atoms with Crippen LogP contribution in [0.5, 0.6) is 23.3 Å². The number of amidine groups is 1. The molecule has 0 bridgehead atoms. The van der Waals surface area contributed by atoms with Crippen molar-refractivity contribution in [1.82, 2.24) is 4.98 Å². The van der Waals surface area contributed by atoms with Gasteiger partial charge < -0.3 is 30.1 Å². The van der Waals surface area contributed by atoms with Gasteiger partial charge in [-0.25, -0.2) is 4.79 Å². The van der Waals surface area contributed by atoms with Gasteiger partial charge in [0, 0.05) is 38.9 Å². The normalized spacial score (nSPS) is 10.7. The Morgan fingerprint density at radius 1 is 0.977 bits per heavy atom. The fourth-order valence-corrected chi connectivity index (χ4v) is 4.58. The summed E-state index contributed by atoms with van der Waals surface area (Å²) < 4.78 is 43.4. The molecule has 0 aliphatic heterocycles. The number of nitrogen functional groups attached to an aromatic ring is 1. The Labute approximate surface area is 248 Å². The number of aromatic carboxylic acids is 1. The maximum atomic E-state index is 16.0. The number of hydrogen-bond donors (Lipinski definition) is 3. The van der Waals surface area contributed by atoms with E-state index < -0.39 is 35.1 Å². The molecule has 43 heavy (non-hydrogen) atoms. The third kappa shape index (κ3) is 7.18. The number of anilines is 2. The zero-order valence-corrected chi connectivity index (χ0v) is 24.3. The predicted molar refractivity (Wildman–Crippen MR) is 162 cm³/mol. The molecule has 0 spiro atoms. The van der Waals surface area contributed by atoms with Crippen molar-refractivity contribution in [2.75, 3.05) is 37.5 Å². The van der Waals surface area contributed by atoms with Crippen LogP contribution >= 0.6 is 0 Å². The monoisotopic (exact) mass is 589 g/mol. The van der Waals surface area contributed by atoms with Crippen molar-refractivity contribution in [3.8, 4) is 23.3 Å². The van der Waals surface area contributed by atoms with Crippen LogP contribution in [0.3, 0.4) is 0 Å². The number of hydrogen-bond acceptors (Lipinski definition) is 7. The molecule has 0 unspecified atom stereocenters. The zero-order valence-electron chi connectivity index (χ0n) is 24.3. The predicted octanol–water partition coefficient (Wildman–Crippen LogP) is 6.37. The van der Waals surface area contributed by atoms with Crippen molar-refractivity contribution in [3.63, 3.8) is 0 Å². The summed E-state index contributed by atoms with van der Waals surface area (Å²) in [6, 6.07) is 18.7. The van der Waals surface area contributed by atoms with Crippen LogP contribution in [-0.2, 0) is 6.42 Å². The molecule has 4 rings (SSSR count). The summed E-state index contributed by atoms with van der Waals surface area (Å²) in [4.78, 5) is 19.2. The number of rotatable bonds is 12. The maximum Gasteiger partial charge on any atom is 0.339 e. The molecule has 4 N–H and O–H groups in total. The summed E-state index contributed by atoms with van der Waals surface area (Å²) in [5.41, 5.74) is 7.62. The number of ether oxygens (including phenoxy) is 2. The first-order valence-electron chi connectivity index (χ1n) is 13.5. The number of nitrogens with one attached hydrogen (secondary N) is 1. The molecule has 11 heteroatoms. The topological polar surface area (TPSA) is 125 Å². The molecule has 0 aliphatic carbocycles. The highest BCUT2D eigenvalue weighted by Crippen LogP contribution is 2.39. The first-order valence-corrected chi connectivity index (χ1v) is 13.5. The number of aryl methyl sites for hydroxylation is 2. The highest BCUT2D eigenvalue weighted by atomic mass is 19.1. The summed E-state index contributed by atoms with van der Waals surface area (Å²) in [7, 11) is 5.07. The van der Waals surface area contributed by atoms with Gasteiger partial charge in [-0.2, -0.15) is 13.8 Å². The number of halogens is 2. The van der Waals surface area contributed by atoms with E-state index in [0.29, 0.717) is 29.7 Å². The zero-order chi connectivity index (χ0) is 31.3. The Bertz CT molecular complexity index is 1650. The van der Waals surface area contributed by atoms with Crippen molar-refractivity contribution in [2.45, 2.75) is 19.8 Å². The summed E-state index contributed by atoms with van der Waals surface area (Å²) in [5.74, 6) is -5.03. The molecule has 1 heterocycles. The highest BCUT2D eigenvalue weighted by Gasteiger charge is 2.28. The average molecular weight is 590 g/mol. The highest BCUT2D eigenvalue weighted by molar-refractivity contribution is 5.95. The number of carbonyl (C=O) groups is 1. The molecule has 1 aromatic heterocycles. The molecule has 0 atom stereocenters. The Kier molecular flexibility index (Phi) is 9.44. The maximum absolute atomic E-state index is 16.0. The number of carboxylic acids is 1. The van der Waals surface area contributed by atoms with Crippen molar-refractivity contribution in [2.24, 2.45) is 5.73 Å². The lowest BCUT2D eigenvalue weighted by Crippen LogP contribution is -2.22. The second kappa shape index (κ2) is 13.2. The summed E-state index contributed by atoms with van der Waals surface area (Å²) >= 11 is 0.